The molecule has 0 unspecified atom stereocenters. The smallest absolute Gasteiger partial charge is 0.141 e. The van der Waals surface area contributed by atoms with Crippen molar-refractivity contribution in [2.24, 2.45) is 0 Å². The van der Waals surface area contributed by atoms with E-state index in [-0.39, 0.29) is 12.1 Å². The van der Waals surface area contributed by atoms with Crippen molar-refractivity contribution in [3.05, 3.63) is 42.0 Å². The Morgan fingerprint density at radius 3 is 2.59 bits per heavy atom. The van der Waals surface area contributed by atoms with E-state index < -0.39 is 0 Å². The largest absolute Gasteiger partial charge is 0.392 e. The van der Waals surface area contributed by atoms with Gasteiger partial charge in [-0.15, -0.1) is 11.3 Å². The molecule has 1 aliphatic heterocycles. The van der Waals surface area contributed by atoms with Crippen LogP contribution in [0, 0.1) is 0 Å². The Morgan fingerprint density at radius 2 is 1.79 bits per heavy atom. The first kappa shape index (κ1) is 19.0. The molecule has 1 saturated heterocycles. The highest BCUT2D eigenvalue weighted by molar-refractivity contribution is 7.17. The predicted octanol–water partition coefficient (Wildman–Crippen LogP) is 4.22. The highest BCUT2D eigenvalue weighted by Gasteiger charge is 2.28. The number of aromatic nitrogens is 2. The van der Waals surface area contributed by atoms with E-state index in [1.54, 1.807) is 17.7 Å². The summed E-state index contributed by atoms with van der Waals surface area (Å²) in [6.45, 7) is 1.97. The first-order chi connectivity index (χ1) is 14.3. The number of aliphatic hydroxyl groups excluding tert-OH is 1. The van der Waals surface area contributed by atoms with E-state index >= 15 is 0 Å². The maximum absolute atomic E-state index is 10.3. The SMILES string of the molecule is O[C@H]1CCCC[C@@H]1NC1CCN(c2ncnc3scc(-c4ccccc4)c23)CC1. The number of thiophene rings is 1. The molecule has 5 rings (SSSR count). The van der Waals surface area contributed by atoms with Crippen molar-refractivity contribution in [1.82, 2.24) is 15.3 Å². The number of fused-ring (bicyclic) bond motifs is 1. The van der Waals surface area contributed by atoms with Gasteiger partial charge in [0.25, 0.3) is 0 Å². The third kappa shape index (κ3) is 3.89. The normalized spacial score (nSPS) is 23.6. The highest BCUT2D eigenvalue weighted by atomic mass is 32.1. The van der Waals surface area contributed by atoms with Crippen LogP contribution in [0.25, 0.3) is 21.3 Å². The summed E-state index contributed by atoms with van der Waals surface area (Å²) in [5.41, 5.74) is 2.45. The fraction of sp³-hybridized carbons (Fsp3) is 0.478. The topological polar surface area (TPSA) is 61.3 Å². The van der Waals surface area contributed by atoms with Crippen molar-refractivity contribution >= 4 is 27.4 Å². The van der Waals surface area contributed by atoms with Crippen LogP contribution in [0.1, 0.15) is 38.5 Å². The van der Waals surface area contributed by atoms with Gasteiger partial charge < -0.3 is 15.3 Å². The molecule has 29 heavy (non-hydrogen) atoms. The minimum Gasteiger partial charge on any atom is -0.392 e. The molecular weight excluding hydrogens is 380 g/mol. The molecule has 6 heteroatoms. The lowest BCUT2D eigenvalue weighted by atomic mass is 9.91. The van der Waals surface area contributed by atoms with E-state index in [9.17, 15) is 5.11 Å². The number of hydrogen-bond acceptors (Lipinski definition) is 6. The maximum atomic E-state index is 10.3. The number of nitrogens with zero attached hydrogens (tertiary/aromatic N) is 3. The Bertz CT molecular complexity index is 952. The zero-order valence-electron chi connectivity index (χ0n) is 16.6. The van der Waals surface area contributed by atoms with Crippen molar-refractivity contribution in [2.75, 3.05) is 18.0 Å². The second-order valence-electron chi connectivity index (χ2n) is 8.28. The first-order valence-corrected chi connectivity index (χ1v) is 11.6. The van der Waals surface area contributed by atoms with E-state index in [0.717, 1.165) is 55.8 Å². The number of benzene rings is 1. The molecule has 2 fully saturated rings. The van der Waals surface area contributed by atoms with Crippen molar-refractivity contribution in [2.45, 2.75) is 56.7 Å². The van der Waals surface area contributed by atoms with Gasteiger partial charge in [-0.2, -0.15) is 0 Å². The number of hydrogen-bond donors (Lipinski definition) is 2. The van der Waals surface area contributed by atoms with Crippen LogP contribution in [0.3, 0.4) is 0 Å². The summed E-state index contributed by atoms with van der Waals surface area (Å²) in [5.74, 6) is 1.06. The number of rotatable bonds is 4. The monoisotopic (exact) mass is 408 g/mol. The minimum absolute atomic E-state index is 0.178. The summed E-state index contributed by atoms with van der Waals surface area (Å²) < 4.78 is 0. The van der Waals surface area contributed by atoms with E-state index in [1.165, 1.54) is 22.9 Å². The zero-order chi connectivity index (χ0) is 19.6. The lowest BCUT2D eigenvalue weighted by Crippen LogP contribution is -2.51. The van der Waals surface area contributed by atoms with E-state index in [0.29, 0.717) is 6.04 Å². The summed E-state index contributed by atoms with van der Waals surface area (Å²) in [4.78, 5) is 12.7. The number of aliphatic hydroxyl groups is 1. The Balaban J connectivity index is 1.34. The zero-order valence-corrected chi connectivity index (χ0v) is 17.4. The Morgan fingerprint density at radius 1 is 1.00 bits per heavy atom. The van der Waals surface area contributed by atoms with Gasteiger partial charge in [-0.1, -0.05) is 43.2 Å². The molecule has 2 atom stereocenters. The van der Waals surface area contributed by atoms with Gasteiger partial charge in [0, 0.05) is 36.1 Å². The van der Waals surface area contributed by atoms with E-state index in [4.69, 9.17) is 4.98 Å². The first-order valence-electron chi connectivity index (χ1n) is 10.8. The molecule has 5 nitrogen and oxygen atoms in total. The van der Waals surface area contributed by atoms with Gasteiger partial charge in [0.2, 0.25) is 0 Å². The lowest BCUT2D eigenvalue weighted by Gasteiger charge is -2.37. The van der Waals surface area contributed by atoms with Crippen molar-refractivity contribution in [3.8, 4) is 11.1 Å². The standard InChI is InChI=1S/C23H28N4OS/c28-20-9-5-4-8-19(20)26-17-10-12-27(13-11-17)22-21-18(16-6-2-1-3-7-16)14-29-23(21)25-15-24-22/h1-3,6-7,14-15,17,19-20,26,28H,4-5,8-13H2/t19-,20-/m0/s1. The van der Waals surface area contributed by atoms with Crippen molar-refractivity contribution in [3.63, 3.8) is 0 Å². The molecule has 152 valence electrons. The Kier molecular flexibility index (Phi) is 5.48. The predicted molar refractivity (Wildman–Crippen MR) is 119 cm³/mol. The fourth-order valence-corrected chi connectivity index (χ4v) is 5.71. The van der Waals surface area contributed by atoms with Gasteiger partial charge in [-0.05, 0) is 31.2 Å². The molecular formula is C23H28N4OS. The second kappa shape index (κ2) is 8.38. The number of piperidine rings is 1. The third-order valence-corrected chi connectivity index (χ3v) is 7.30. The summed E-state index contributed by atoms with van der Waals surface area (Å²) in [5, 5.41) is 17.4. The Hall–Kier alpha value is -2.02. The molecule has 1 saturated carbocycles. The molecule has 2 aromatic heterocycles. The van der Waals surface area contributed by atoms with Crippen molar-refractivity contribution in [1.29, 1.82) is 0 Å². The van der Waals surface area contributed by atoms with Crippen LogP contribution in [-0.4, -0.2) is 46.4 Å². The molecule has 0 amide bonds. The van der Waals surface area contributed by atoms with Crippen LogP contribution >= 0.6 is 11.3 Å². The quantitative estimate of drug-likeness (QED) is 0.677. The van der Waals surface area contributed by atoms with Gasteiger partial charge in [0.1, 0.15) is 17.0 Å². The van der Waals surface area contributed by atoms with Gasteiger partial charge in [0.05, 0.1) is 11.5 Å². The van der Waals surface area contributed by atoms with Crippen LogP contribution in [0.5, 0.6) is 0 Å². The van der Waals surface area contributed by atoms with Gasteiger partial charge >= 0.3 is 0 Å². The molecule has 2 N–H and O–H groups in total. The Labute approximate surface area is 175 Å². The lowest BCUT2D eigenvalue weighted by molar-refractivity contribution is 0.0828. The third-order valence-electron chi connectivity index (χ3n) is 6.41. The summed E-state index contributed by atoms with van der Waals surface area (Å²) in [6.07, 6.45) is 8.12. The summed E-state index contributed by atoms with van der Waals surface area (Å²) in [7, 11) is 0. The average Bonchev–Trinajstić information content (AvgIpc) is 3.21. The molecule has 0 bridgehead atoms. The van der Waals surface area contributed by atoms with Crippen LogP contribution in [0.2, 0.25) is 0 Å². The highest BCUT2D eigenvalue weighted by Crippen LogP contribution is 2.38. The van der Waals surface area contributed by atoms with E-state index in [1.807, 2.05) is 0 Å². The second-order valence-corrected chi connectivity index (χ2v) is 9.14. The van der Waals surface area contributed by atoms with Crippen LogP contribution < -0.4 is 10.2 Å². The van der Waals surface area contributed by atoms with Gasteiger partial charge in [-0.3, -0.25) is 0 Å². The maximum Gasteiger partial charge on any atom is 0.141 e. The van der Waals surface area contributed by atoms with Crippen molar-refractivity contribution < 1.29 is 5.11 Å². The van der Waals surface area contributed by atoms with Gasteiger partial charge in [0.15, 0.2) is 0 Å². The van der Waals surface area contributed by atoms with E-state index in [2.05, 4.69) is 50.9 Å². The average molecular weight is 409 g/mol. The number of anilines is 1. The molecule has 0 spiro atoms. The van der Waals surface area contributed by atoms with Gasteiger partial charge in [-0.25, -0.2) is 9.97 Å². The molecule has 0 radical (unpaired) electrons. The van der Waals surface area contributed by atoms with Crippen LogP contribution in [-0.2, 0) is 0 Å². The van der Waals surface area contributed by atoms with Crippen LogP contribution in [0.15, 0.2) is 42.0 Å². The molecule has 3 heterocycles. The summed E-state index contributed by atoms with van der Waals surface area (Å²) >= 11 is 1.69. The number of nitrogens with one attached hydrogen (secondary N) is 1. The summed E-state index contributed by atoms with van der Waals surface area (Å²) in [6, 6.07) is 11.3. The minimum atomic E-state index is -0.178. The molecule has 2 aliphatic rings. The molecule has 1 aromatic carbocycles. The van der Waals surface area contributed by atoms with Crippen LogP contribution in [0.4, 0.5) is 5.82 Å². The molecule has 1 aliphatic carbocycles. The fourth-order valence-electron chi connectivity index (χ4n) is 4.80. The molecule has 3 aromatic rings.